The molecule has 74 valence electrons. The van der Waals surface area contributed by atoms with Crippen molar-refractivity contribution >= 4 is 17.5 Å². The Morgan fingerprint density at radius 3 is 2.71 bits per heavy atom. The number of ketones is 2. The highest BCUT2D eigenvalue weighted by Gasteiger charge is 2.12. The largest absolute Gasteiger partial charge is 0.356 e. The lowest BCUT2D eigenvalue weighted by atomic mass is 10.0. The van der Waals surface area contributed by atoms with Gasteiger partial charge in [-0.25, -0.2) is 0 Å². The maximum absolute atomic E-state index is 11.2. The highest BCUT2D eigenvalue weighted by molar-refractivity contribution is 6.17. The minimum atomic E-state index is -0.178. The van der Waals surface area contributed by atoms with E-state index < -0.39 is 0 Å². The molecule has 0 saturated heterocycles. The quantitative estimate of drug-likeness (QED) is 0.649. The summed E-state index contributed by atoms with van der Waals surface area (Å²) in [6.45, 7) is 1.79. The normalized spacial score (nSPS) is 15.4. The van der Waals surface area contributed by atoms with Crippen molar-refractivity contribution in [3.63, 3.8) is 0 Å². The molecule has 0 aromatic carbocycles. The van der Waals surface area contributed by atoms with E-state index in [0.717, 1.165) is 0 Å². The predicted octanol–water partition coefficient (Wildman–Crippen LogP) is 0.147. The van der Waals surface area contributed by atoms with E-state index in [2.05, 4.69) is 5.32 Å². The summed E-state index contributed by atoms with van der Waals surface area (Å²) < 4.78 is 0. The number of nitrogens with one attached hydrogen (secondary N) is 1. The van der Waals surface area contributed by atoms with E-state index in [4.69, 9.17) is 0 Å². The maximum atomic E-state index is 11.2. The molecule has 4 heteroatoms. The fourth-order valence-electron chi connectivity index (χ4n) is 1.12. The first-order valence-electron chi connectivity index (χ1n) is 4.31. The van der Waals surface area contributed by atoms with Crippen molar-refractivity contribution in [2.24, 2.45) is 0 Å². The Bertz CT molecular complexity index is 339. The standard InChI is InChI=1S/C10H11NO3/c1-7(12)11-5-4-8-6-9(13)2-3-10(8)14/h2-3,6H,4-5H2,1H3,(H,11,12). The molecule has 0 aliphatic heterocycles. The Morgan fingerprint density at radius 2 is 2.07 bits per heavy atom. The number of carbonyl (C=O) groups excluding carboxylic acids is 3. The maximum Gasteiger partial charge on any atom is 0.216 e. The van der Waals surface area contributed by atoms with E-state index >= 15 is 0 Å². The van der Waals surface area contributed by atoms with Gasteiger partial charge in [0.05, 0.1) is 0 Å². The summed E-state index contributed by atoms with van der Waals surface area (Å²) in [7, 11) is 0. The lowest BCUT2D eigenvalue weighted by Crippen LogP contribution is -2.22. The van der Waals surface area contributed by atoms with E-state index in [1.54, 1.807) is 0 Å². The van der Waals surface area contributed by atoms with Crippen molar-refractivity contribution in [2.75, 3.05) is 6.54 Å². The lowest BCUT2D eigenvalue weighted by Gasteiger charge is -2.06. The molecule has 1 N–H and O–H groups in total. The predicted molar refractivity (Wildman–Crippen MR) is 50.5 cm³/mol. The molecule has 0 heterocycles. The Balaban J connectivity index is 2.48. The molecular formula is C10H11NO3. The van der Waals surface area contributed by atoms with Gasteiger partial charge in [-0.1, -0.05) is 0 Å². The average molecular weight is 193 g/mol. The summed E-state index contributed by atoms with van der Waals surface area (Å²) in [5, 5.41) is 2.56. The smallest absolute Gasteiger partial charge is 0.216 e. The van der Waals surface area contributed by atoms with Crippen molar-refractivity contribution in [1.29, 1.82) is 0 Å². The number of amides is 1. The van der Waals surface area contributed by atoms with Gasteiger partial charge in [0.2, 0.25) is 5.91 Å². The van der Waals surface area contributed by atoms with Crippen molar-refractivity contribution in [3.05, 3.63) is 23.8 Å². The molecule has 0 radical (unpaired) electrons. The first-order chi connectivity index (χ1) is 6.59. The van der Waals surface area contributed by atoms with Crippen LogP contribution in [0, 0.1) is 0 Å². The van der Waals surface area contributed by atoms with Gasteiger partial charge in [0.15, 0.2) is 11.6 Å². The number of rotatable bonds is 3. The molecule has 0 bridgehead atoms. The first kappa shape index (κ1) is 10.4. The highest BCUT2D eigenvalue weighted by Crippen LogP contribution is 2.08. The van der Waals surface area contributed by atoms with Gasteiger partial charge in [-0.05, 0) is 24.6 Å². The number of hydrogen-bond acceptors (Lipinski definition) is 3. The summed E-state index contributed by atoms with van der Waals surface area (Å²) in [5.41, 5.74) is 0.450. The lowest BCUT2D eigenvalue weighted by molar-refractivity contribution is -0.119. The number of carbonyl (C=O) groups is 3. The molecule has 4 nitrogen and oxygen atoms in total. The summed E-state index contributed by atoms with van der Waals surface area (Å²) in [6, 6.07) is 0. The molecule has 0 aromatic heterocycles. The van der Waals surface area contributed by atoms with E-state index in [1.807, 2.05) is 0 Å². The van der Waals surface area contributed by atoms with Crippen LogP contribution in [0.15, 0.2) is 23.8 Å². The van der Waals surface area contributed by atoms with Crippen LogP contribution >= 0.6 is 0 Å². The second-order valence-corrected chi connectivity index (χ2v) is 3.00. The zero-order valence-electron chi connectivity index (χ0n) is 7.87. The van der Waals surface area contributed by atoms with Crippen LogP contribution in [0.5, 0.6) is 0 Å². The molecule has 1 aliphatic rings. The van der Waals surface area contributed by atoms with Gasteiger partial charge >= 0.3 is 0 Å². The van der Waals surface area contributed by atoms with Crippen LogP contribution in [-0.2, 0) is 14.4 Å². The third-order valence-corrected chi connectivity index (χ3v) is 1.80. The van der Waals surface area contributed by atoms with Crippen LogP contribution in [0.3, 0.4) is 0 Å². The van der Waals surface area contributed by atoms with Crippen LogP contribution < -0.4 is 5.32 Å². The van der Waals surface area contributed by atoms with E-state index in [-0.39, 0.29) is 17.5 Å². The monoisotopic (exact) mass is 193 g/mol. The number of hydrogen-bond donors (Lipinski definition) is 1. The SMILES string of the molecule is CC(=O)NCCC1=CC(=O)C=CC1=O. The van der Waals surface area contributed by atoms with Crippen molar-refractivity contribution in [2.45, 2.75) is 13.3 Å². The second kappa shape index (κ2) is 4.50. The Hall–Kier alpha value is -1.71. The zero-order chi connectivity index (χ0) is 10.6. The fourth-order valence-corrected chi connectivity index (χ4v) is 1.12. The Morgan fingerprint density at radius 1 is 1.36 bits per heavy atom. The summed E-state index contributed by atoms with van der Waals surface area (Å²) in [4.78, 5) is 32.6. The van der Waals surface area contributed by atoms with Gasteiger partial charge in [0.25, 0.3) is 0 Å². The number of allylic oxidation sites excluding steroid dienone is 3. The van der Waals surface area contributed by atoms with Gasteiger partial charge in [-0.3, -0.25) is 14.4 Å². The molecule has 0 fully saturated rings. The van der Waals surface area contributed by atoms with E-state index in [1.165, 1.54) is 25.2 Å². The van der Waals surface area contributed by atoms with Gasteiger partial charge < -0.3 is 5.32 Å². The topological polar surface area (TPSA) is 63.2 Å². The second-order valence-electron chi connectivity index (χ2n) is 3.00. The summed E-state index contributed by atoms with van der Waals surface area (Å²) >= 11 is 0. The minimum absolute atomic E-state index is 0.143. The van der Waals surface area contributed by atoms with Crippen LogP contribution in [0.25, 0.3) is 0 Å². The van der Waals surface area contributed by atoms with Gasteiger partial charge in [-0.15, -0.1) is 0 Å². The molecule has 0 atom stereocenters. The van der Waals surface area contributed by atoms with Gasteiger partial charge in [-0.2, -0.15) is 0 Å². The molecule has 14 heavy (non-hydrogen) atoms. The molecule has 1 amide bonds. The fraction of sp³-hybridized carbons (Fsp3) is 0.300. The van der Waals surface area contributed by atoms with E-state index in [0.29, 0.717) is 18.5 Å². The van der Waals surface area contributed by atoms with Crippen molar-refractivity contribution < 1.29 is 14.4 Å². The first-order valence-corrected chi connectivity index (χ1v) is 4.31. The molecular weight excluding hydrogens is 182 g/mol. The zero-order valence-corrected chi connectivity index (χ0v) is 7.87. The van der Waals surface area contributed by atoms with Gasteiger partial charge in [0, 0.05) is 19.0 Å². The van der Waals surface area contributed by atoms with Crippen molar-refractivity contribution in [1.82, 2.24) is 5.32 Å². The molecule has 0 aromatic rings. The molecule has 0 unspecified atom stereocenters. The summed E-state index contributed by atoms with van der Waals surface area (Å²) in [5.74, 6) is -0.479. The highest BCUT2D eigenvalue weighted by atomic mass is 16.1. The third-order valence-electron chi connectivity index (χ3n) is 1.80. The molecule has 1 aliphatic carbocycles. The van der Waals surface area contributed by atoms with Crippen LogP contribution in [0.4, 0.5) is 0 Å². The molecule has 0 saturated carbocycles. The van der Waals surface area contributed by atoms with E-state index in [9.17, 15) is 14.4 Å². The third kappa shape index (κ3) is 2.97. The van der Waals surface area contributed by atoms with Crippen molar-refractivity contribution in [3.8, 4) is 0 Å². The Kier molecular flexibility index (Phi) is 3.34. The Labute approximate surface area is 81.7 Å². The van der Waals surface area contributed by atoms with Gasteiger partial charge in [0.1, 0.15) is 0 Å². The molecule has 1 rings (SSSR count). The van der Waals surface area contributed by atoms with Crippen LogP contribution in [0.2, 0.25) is 0 Å². The van der Waals surface area contributed by atoms with Crippen LogP contribution in [-0.4, -0.2) is 24.0 Å². The average Bonchev–Trinajstić information content (AvgIpc) is 2.10. The molecule has 0 spiro atoms. The van der Waals surface area contributed by atoms with Crippen LogP contribution in [0.1, 0.15) is 13.3 Å². The minimum Gasteiger partial charge on any atom is -0.356 e. The summed E-state index contributed by atoms with van der Waals surface area (Å²) in [6.07, 6.45) is 4.20.